The lowest BCUT2D eigenvalue weighted by molar-refractivity contribution is -0.142. The molecular weight excluding hydrogens is 424 g/mol. The first-order valence-corrected chi connectivity index (χ1v) is 10.3. The van der Waals surface area contributed by atoms with E-state index in [2.05, 4.69) is 10.5 Å². The number of aryl methyl sites for hydroxylation is 3. The molecule has 1 aromatic heterocycles. The first-order valence-electron chi connectivity index (χ1n) is 10.3. The third-order valence-electron chi connectivity index (χ3n) is 4.92. The van der Waals surface area contributed by atoms with Crippen molar-refractivity contribution in [2.45, 2.75) is 27.4 Å². The van der Waals surface area contributed by atoms with Gasteiger partial charge in [0.15, 0.2) is 18.1 Å². The molecule has 0 aliphatic carbocycles. The van der Waals surface area contributed by atoms with Crippen LogP contribution >= 0.6 is 0 Å². The predicted molar refractivity (Wildman–Crippen MR) is 123 cm³/mol. The first kappa shape index (κ1) is 23.6. The lowest BCUT2D eigenvalue weighted by atomic mass is 10.2. The van der Waals surface area contributed by atoms with Crippen molar-refractivity contribution in [3.8, 4) is 11.5 Å². The van der Waals surface area contributed by atoms with E-state index in [0.29, 0.717) is 35.1 Å². The minimum Gasteiger partial charge on any atom is -0.493 e. The van der Waals surface area contributed by atoms with Gasteiger partial charge in [0.2, 0.25) is 0 Å². The molecule has 0 saturated carbocycles. The average molecular weight is 450 g/mol. The van der Waals surface area contributed by atoms with Gasteiger partial charge in [0.25, 0.3) is 5.91 Å². The zero-order valence-corrected chi connectivity index (χ0v) is 19.0. The van der Waals surface area contributed by atoms with Crippen LogP contribution in [-0.2, 0) is 20.9 Å². The van der Waals surface area contributed by atoms with E-state index in [1.807, 2.05) is 39.0 Å². The number of rotatable bonds is 9. The highest BCUT2D eigenvalue weighted by Crippen LogP contribution is 2.30. The van der Waals surface area contributed by atoms with E-state index in [1.165, 1.54) is 13.2 Å². The Bertz CT molecular complexity index is 1150. The Morgan fingerprint density at radius 1 is 1.09 bits per heavy atom. The van der Waals surface area contributed by atoms with Gasteiger partial charge in [-0.05, 0) is 56.2 Å². The molecule has 0 saturated heterocycles. The van der Waals surface area contributed by atoms with E-state index in [0.717, 1.165) is 16.8 Å². The molecule has 2 aromatic carbocycles. The van der Waals surface area contributed by atoms with E-state index in [-0.39, 0.29) is 6.61 Å². The van der Waals surface area contributed by atoms with E-state index >= 15 is 0 Å². The molecule has 0 atom stereocenters. The van der Waals surface area contributed by atoms with E-state index in [4.69, 9.17) is 18.7 Å². The highest BCUT2D eigenvalue weighted by Gasteiger charge is 2.12. The topological polar surface area (TPSA) is 99.9 Å². The summed E-state index contributed by atoms with van der Waals surface area (Å²) in [6.45, 7) is 5.48. The van der Waals surface area contributed by atoms with Crippen molar-refractivity contribution < 1.29 is 28.3 Å². The van der Waals surface area contributed by atoms with Gasteiger partial charge in [-0.1, -0.05) is 29.4 Å². The Balaban J connectivity index is 1.54. The molecule has 0 aliphatic rings. The van der Waals surface area contributed by atoms with Crippen molar-refractivity contribution in [1.29, 1.82) is 0 Å². The van der Waals surface area contributed by atoms with Crippen molar-refractivity contribution in [3.05, 3.63) is 76.7 Å². The van der Waals surface area contributed by atoms with Crippen LogP contribution in [0.25, 0.3) is 6.08 Å². The van der Waals surface area contributed by atoms with Gasteiger partial charge in [-0.3, -0.25) is 4.79 Å². The van der Waals surface area contributed by atoms with Crippen LogP contribution in [0.2, 0.25) is 0 Å². The maximum atomic E-state index is 12.0. The number of benzene rings is 2. The summed E-state index contributed by atoms with van der Waals surface area (Å²) in [7, 11) is 1.53. The van der Waals surface area contributed by atoms with Gasteiger partial charge in [-0.2, -0.15) is 0 Å². The van der Waals surface area contributed by atoms with Crippen LogP contribution in [-0.4, -0.2) is 30.7 Å². The van der Waals surface area contributed by atoms with Gasteiger partial charge in [0.1, 0.15) is 12.4 Å². The number of esters is 1. The minimum absolute atomic E-state index is 0.295. The van der Waals surface area contributed by atoms with E-state index in [9.17, 15) is 9.59 Å². The van der Waals surface area contributed by atoms with Crippen LogP contribution in [0.4, 0.5) is 5.69 Å². The quantitative estimate of drug-likeness (QED) is 0.381. The molecular formula is C25H26N2O6. The van der Waals surface area contributed by atoms with Gasteiger partial charge in [-0.25, -0.2) is 4.79 Å². The van der Waals surface area contributed by atoms with Crippen LogP contribution in [0.15, 0.2) is 53.1 Å². The van der Waals surface area contributed by atoms with E-state index in [1.54, 1.807) is 30.3 Å². The summed E-state index contributed by atoms with van der Waals surface area (Å²) in [5.41, 5.74) is 3.97. The second kappa shape index (κ2) is 11.0. The number of carbonyl (C=O) groups is 2. The highest BCUT2D eigenvalue weighted by atomic mass is 16.5. The molecule has 0 fully saturated rings. The number of para-hydroxylation sites is 1. The number of hydrogen-bond donors (Lipinski definition) is 1. The Hall–Kier alpha value is -4.07. The van der Waals surface area contributed by atoms with Crippen molar-refractivity contribution in [2.75, 3.05) is 19.0 Å². The highest BCUT2D eigenvalue weighted by molar-refractivity contribution is 5.95. The maximum Gasteiger partial charge on any atom is 0.331 e. The molecule has 8 heteroatoms. The lowest BCUT2D eigenvalue weighted by Gasteiger charge is -2.11. The molecule has 0 bridgehead atoms. The maximum absolute atomic E-state index is 12.0. The first-order chi connectivity index (χ1) is 15.9. The Kier molecular flexibility index (Phi) is 7.86. The van der Waals surface area contributed by atoms with Crippen molar-refractivity contribution >= 4 is 23.6 Å². The van der Waals surface area contributed by atoms with Crippen LogP contribution in [0.1, 0.15) is 28.1 Å². The van der Waals surface area contributed by atoms with Crippen molar-refractivity contribution in [2.24, 2.45) is 0 Å². The Labute approximate surface area is 192 Å². The number of methoxy groups -OCH3 is 1. The summed E-state index contributed by atoms with van der Waals surface area (Å²) >= 11 is 0. The number of nitrogens with zero attached hydrogens (tertiary/aromatic N) is 1. The van der Waals surface area contributed by atoms with Crippen LogP contribution in [0, 0.1) is 20.8 Å². The molecule has 3 rings (SSSR count). The number of ether oxygens (including phenoxy) is 3. The summed E-state index contributed by atoms with van der Waals surface area (Å²) in [5, 5.41) is 6.62. The zero-order valence-electron chi connectivity index (χ0n) is 19.0. The van der Waals surface area contributed by atoms with Crippen LogP contribution in [0.5, 0.6) is 11.5 Å². The van der Waals surface area contributed by atoms with Gasteiger partial charge < -0.3 is 24.1 Å². The zero-order chi connectivity index (χ0) is 23.8. The standard InChI is InChI=1S/C25H26N2O6/c1-16-7-5-6-8-21(16)26-24(28)15-32-25(29)12-10-19-9-11-22(23(13-19)30-4)31-14-20-17(2)27-33-18(20)3/h5-13H,14-15H2,1-4H3,(H,26,28)/b12-10+. The smallest absolute Gasteiger partial charge is 0.331 e. The fourth-order valence-electron chi connectivity index (χ4n) is 3.01. The summed E-state index contributed by atoms with van der Waals surface area (Å²) in [6.07, 6.45) is 2.82. The lowest BCUT2D eigenvalue weighted by Crippen LogP contribution is -2.20. The van der Waals surface area contributed by atoms with Crippen molar-refractivity contribution in [3.63, 3.8) is 0 Å². The fourth-order valence-corrected chi connectivity index (χ4v) is 3.01. The molecule has 1 N–H and O–H groups in total. The third kappa shape index (κ3) is 6.46. The largest absolute Gasteiger partial charge is 0.493 e. The Morgan fingerprint density at radius 3 is 2.58 bits per heavy atom. The molecule has 8 nitrogen and oxygen atoms in total. The molecule has 3 aromatic rings. The van der Waals surface area contributed by atoms with Crippen LogP contribution < -0.4 is 14.8 Å². The molecule has 1 amide bonds. The van der Waals surface area contributed by atoms with Gasteiger partial charge >= 0.3 is 5.97 Å². The van der Waals surface area contributed by atoms with Gasteiger partial charge in [-0.15, -0.1) is 0 Å². The molecule has 0 spiro atoms. The minimum atomic E-state index is -0.632. The third-order valence-corrected chi connectivity index (χ3v) is 4.92. The number of anilines is 1. The normalized spacial score (nSPS) is 10.8. The molecule has 0 radical (unpaired) electrons. The van der Waals surface area contributed by atoms with Crippen LogP contribution in [0.3, 0.4) is 0 Å². The number of hydrogen-bond acceptors (Lipinski definition) is 7. The molecule has 0 aliphatic heterocycles. The summed E-state index contributed by atoms with van der Waals surface area (Å²) in [6, 6.07) is 12.6. The number of amides is 1. The second-order valence-electron chi connectivity index (χ2n) is 7.31. The van der Waals surface area contributed by atoms with Gasteiger partial charge in [0, 0.05) is 11.8 Å². The Morgan fingerprint density at radius 2 is 1.88 bits per heavy atom. The monoisotopic (exact) mass is 450 g/mol. The predicted octanol–water partition coefficient (Wildman–Crippen LogP) is 4.38. The number of nitrogens with one attached hydrogen (secondary N) is 1. The number of carbonyl (C=O) groups excluding carboxylic acids is 2. The summed E-state index contributed by atoms with van der Waals surface area (Å²) < 4.78 is 21.4. The average Bonchev–Trinajstić information content (AvgIpc) is 3.13. The van der Waals surface area contributed by atoms with E-state index < -0.39 is 11.9 Å². The fraction of sp³-hybridized carbons (Fsp3) is 0.240. The second-order valence-corrected chi connectivity index (χ2v) is 7.31. The molecule has 172 valence electrons. The summed E-state index contributed by atoms with van der Waals surface area (Å²) in [4.78, 5) is 24.0. The van der Waals surface area contributed by atoms with Gasteiger partial charge in [0.05, 0.1) is 18.4 Å². The molecule has 33 heavy (non-hydrogen) atoms. The summed E-state index contributed by atoms with van der Waals surface area (Å²) in [5.74, 6) is 0.720. The molecule has 1 heterocycles. The van der Waals surface area contributed by atoms with Crippen molar-refractivity contribution in [1.82, 2.24) is 5.16 Å². The number of aromatic nitrogens is 1. The molecule has 0 unspecified atom stereocenters. The SMILES string of the molecule is COc1cc(/C=C/C(=O)OCC(=O)Nc2ccccc2C)ccc1OCc1c(C)noc1C.